The van der Waals surface area contributed by atoms with E-state index in [0.717, 1.165) is 19.4 Å². The maximum Gasteiger partial charge on any atom is 0.236 e. The summed E-state index contributed by atoms with van der Waals surface area (Å²) in [6, 6.07) is 0.732. The molecule has 112 valence electrons. The third-order valence-corrected chi connectivity index (χ3v) is 4.13. The molecule has 0 atom stereocenters. The Morgan fingerprint density at radius 3 is 2.37 bits per heavy atom. The second-order valence-corrected chi connectivity index (χ2v) is 5.76. The summed E-state index contributed by atoms with van der Waals surface area (Å²) < 4.78 is 0. The third-order valence-electron chi connectivity index (χ3n) is 4.13. The molecule has 4 heteroatoms. The van der Waals surface area contributed by atoms with Crippen LogP contribution in [0, 0.1) is 0 Å². The molecule has 1 saturated carbocycles. The predicted octanol–water partition coefficient (Wildman–Crippen LogP) is 1.87. The van der Waals surface area contributed by atoms with Crippen LogP contribution in [0.25, 0.3) is 0 Å². The van der Waals surface area contributed by atoms with Gasteiger partial charge in [0.2, 0.25) is 5.91 Å². The number of nitrogens with zero attached hydrogens (tertiary/aromatic N) is 2. The Balaban J connectivity index is 2.56. The Bertz CT molecular complexity index is 263. The molecule has 1 aliphatic carbocycles. The molecule has 1 fully saturated rings. The number of amides is 1. The zero-order valence-corrected chi connectivity index (χ0v) is 12.8. The van der Waals surface area contributed by atoms with E-state index in [9.17, 15) is 4.79 Å². The fourth-order valence-electron chi connectivity index (χ4n) is 2.94. The monoisotopic (exact) mass is 270 g/mol. The van der Waals surface area contributed by atoms with Gasteiger partial charge in [0.05, 0.1) is 13.2 Å². The van der Waals surface area contributed by atoms with Gasteiger partial charge in [-0.3, -0.25) is 9.69 Å². The average Bonchev–Trinajstić information content (AvgIpc) is 2.40. The lowest BCUT2D eigenvalue weighted by atomic mass is 9.94. The molecule has 0 heterocycles. The summed E-state index contributed by atoms with van der Waals surface area (Å²) in [5.74, 6) is 0.219. The lowest BCUT2D eigenvalue weighted by Crippen LogP contribution is -2.48. The van der Waals surface area contributed by atoms with Gasteiger partial charge >= 0.3 is 0 Å². The molecular formula is C15H30N2O2. The molecule has 0 saturated heterocycles. The minimum Gasteiger partial charge on any atom is -0.395 e. The van der Waals surface area contributed by atoms with Gasteiger partial charge in [-0.15, -0.1) is 0 Å². The number of likely N-dealkylation sites (N-methyl/N-ethyl adjacent to an activating group) is 1. The van der Waals surface area contributed by atoms with Crippen molar-refractivity contribution in [1.29, 1.82) is 0 Å². The standard InChI is InChI=1S/C15H30N2O2/c1-4-17(14-8-6-5-7-9-14)15(19)12-16(10-11-18)13(2)3/h13-14,18H,4-12H2,1-3H3. The number of hydrogen-bond donors (Lipinski definition) is 1. The molecule has 0 spiro atoms. The molecule has 0 aliphatic heterocycles. The van der Waals surface area contributed by atoms with Gasteiger partial charge in [-0.25, -0.2) is 0 Å². The first-order chi connectivity index (χ1) is 9.10. The summed E-state index contributed by atoms with van der Waals surface area (Å²) in [5.41, 5.74) is 0. The first-order valence-corrected chi connectivity index (χ1v) is 7.74. The molecule has 0 aromatic rings. The summed E-state index contributed by atoms with van der Waals surface area (Å²) in [6.45, 7) is 8.13. The van der Waals surface area contributed by atoms with Crippen LogP contribution >= 0.6 is 0 Å². The van der Waals surface area contributed by atoms with Crippen LogP contribution in [0.1, 0.15) is 52.9 Å². The molecule has 19 heavy (non-hydrogen) atoms. The number of carbonyl (C=O) groups is 1. The molecule has 1 amide bonds. The Hall–Kier alpha value is -0.610. The summed E-state index contributed by atoms with van der Waals surface area (Å²) in [4.78, 5) is 16.6. The Kier molecular flexibility index (Phi) is 7.39. The van der Waals surface area contributed by atoms with Crippen molar-refractivity contribution in [1.82, 2.24) is 9.80 Å². The van der Waals surface area contributed by atoms with E-state index in [1.807, 2.05) is 9.80 Å². The van der Waals surface area contributed by atoms with Crippen LogP contribution in [-0.4, -0.2) is 59.1 Å². The number of hydrogen-bond acceptors (Lipinski definition) is 3. The number of carbonyl (C=O) groups excluding carboxylic acids is 1. The highest BCUT2D eigenvalue weighted by Gasteiger charge is 2.25. The van der Waals surface area contributed by atoms with Gasteiger partial charge in [-0.05, 0) is 33.6 Å². The minimum atomic E-state index is 0.112. The van der Waals surface area contributed by atoms with Gasteiger partial charge in [0.1, 0.15) is 0 Å². The van der Waals surface area contributed by atoms with E-state index < -0.39 is 0 Å². The molecular weight excluding hydrogens is 240 g/mol. The van der Waals surface area contributed by atoms with E-state index >= 15 is 0 Å². The quantitative estimate of drug-likeness (QED) is 0.768. The molecule has 1 rings (SSSR count). The Morgan fingerprint density at radius 1 is 1.26 bits per heavy atom. The predicted molar refractivity (Wildman–Crippen MR) is 78.1 cm³/mol. The van der Waals surface area contributed by atoms with E-state index in [1.54, 1.807) is 0 Å². The van der Waals surface area contributed by atoms with Gasteiger partial charge in [0, 0.05) is 25.2 Å². The minimum absolute atomic E-state index is 0.112. The fraction of sp³-hybridized carbons (Fsp3) is 0.933. The second kappa shape index (κ2) is 8.54. The topological polar surface area (TPSA) is 43.8 Å². The molecule has 4 nitrogen and oxygen atoms in total. The van der Waals surface area contributed by atoms with Crippen molar-refractivity contribution in [2.75, 3.05) is 26.2 Å². The van der Waals surface area contributed by atoms with Crippen LogP contribution in [0.4, 0.5) is 0 Å². The van der Waals surface area contributed by atoms with Gasteiger partial charge in [0.15, 0.2) is 0 Å². The first kappa shape index (κ1) is 16.4. The number of aliphatic hydroxyl groups is 1. The zero-order chi connectivity index (χ0) is 14.3. The van der Waals surface area contributed by atoms with Crippen molar-refractivity contribution in [2.24, 2.45) is 0 Å². The van der Waals surface area contributed by atoms with Crippen molar-refractivity contribution in [3.8, 4) is 0 Å². The third kappa shape index (κ3) is 5.11. The highest BCUT2D eigenvalue weighted by atomic mass is 16.3. The van der Waals surface area contributed by atoms with Gasteiger partial charge < -0.3 is 10.0 Å². The largest absolute Gasteiger partial charge is 0.395 e. The van der Waals surface area contributed by atoms with Crippen molar-refractivity contribution in [3.63, 3.8) is 0 Å². The maximum atomic E-state index is 12.5. The molecule has 0 aromatic carbocycles. The SMILES string of the molecule is CCN(C(=O)CN(CCO)C(C)C)C1CCCCC1. The van der Waals surface area contributed by atoms with Crippen LogP contribution in [0.3, 0.4) is 0 Å². The van der Waals surface area contributed by atoms with Crippen molar-refractivity contribution < 1.29 is 9.90 Å². The fourth-order valence-corrected chi connectivity index (χ4v) is 2.94. The number of rotatable bonds is 7. The van der Waals surface area contributed by atoms with Crippen LogP contribution in [0.5, 0.6) is 0 Å². The van der Waals surface area contributed by atoms with E-state index in [-0.39, 0.29) is 12.5 Å². The summed E-state index contributed by atoms with van der Waals surface area (Å²) in [7, 11) is 0. The number of aliphatic hydroxyl groups excluding tert-OH is 1. The van der Waals surface area contributed by atoms with E-state index in [0.29, 0.717) is 25.2 Å². The van der Waals surface area contributed by atoms with Crippen LogP contribution in [0.15, 0.2) is 0 Å². The Labute approximate surface area is 117 Å². The first-order valence-electron chi connectivity index (χ1n) is 7.74. The molecule has 1 N–H and O–H groups in total. The molecule has 0 aromatic heterocycles. The average molecular weight is 270 g/mol. The van der Waals surface area contributed by atoms with Gasteiger partial charge in [-0.1, -0.05) is 19.3 Å². The summed E-state index contributed by atoms with van der Waals surface area (Å²) in [6.07, 6.45) is 6.12. The molecule has 0 bridgehead atoms. The van der Waals surface area contributed by atoms with Crippen molar-refractivity contribution >= 4 is 5.91 Å². The maximum absolute atomic E-state index is 12.5. The van der Waals surface area contributed by atoms with E-state index in [1.165, 1.54) is 19.3 Å². The Morgan fingerprint density at radius 2 is 1.89 bits per heavy atom. The highest BCUT2D eigenvalue weighted by molar-refractivity contribution is 5.78. The lowest BCUT2D eigenvalue weighted by molar-refractivity contribution is -0.135. The van der Waals surface area contributed by atoms with E-state index in [4.69, 9.17) is 5.11 Å². The van der Waals surface area contributed by atoms with Gasteiger partial charge in [-0.2, -0.15) is 0 Å². The molecule has 0 unspecified atom stereocenters. The molecule has 0 radical (unpaired) electrons. The van der Waals surface area contributed by atoms with Crippen LogP contribution in [-0.2, 0) is 4.79 Å². The lowest BCUT2D eigenvalue weighted by Gasteiger charge is -2.35. The molecule has 1 aliphatic rings. The normalized spacial score (nSPS) is 17.2. The smallest absolute Gasteiger partial charge is 0.236 e. The van der Waals surface area contributed by atoms with Crippen molar-refractivity contribution in [3.05, 3.63) is 0 Å². The van der Waals surface area contributed by atoms with Crippen LogP contribution < -0.4 is 0 Å². The van der Waals surface area contributed by atoms with Crippen molar-refractivity contribution in [2.45, 2.75) is 65.0 Å². The summed E-state index contributed by atoms with van der Waals surface area (Å²) in [5, 5.41) is 9.08. The second-order valence-electron chi connectivity index (χ2n) is 5.76. The van der Waals surface area contributed by atoms with E-state index in [2.05, 4.69) is 20.8 Å². The summed E-state index contributed by atoms with van der Waals surface area (Å²) >= 11 is 0. The van der Waals surface area contributed by atoms with Crippen LogP contribution in [0.2, 0.25) is 0 Å². The van der Waals surface area contributed by atoms with Gasteiger partial charge in [0.25, 0.3) is 0 Å². The zero-order valence-electron chi connectivity index (χ0n) is 12.8. The highest BCUT2D eigenvalue weighted by Crippen LogP contribution is 2.22.